The molecule has 0 saturated carbocycles. The van der Waals surface area contributed by atoms with Crippen LogP contribution in [0.2, 0.25) is 0 Å². The third kappa shape index (κ3) is 4.50. The highest BCUT2D eigenvalue weighted by atomic mass is 32.2. The van der Waals surface area contributed by atoms with E-state index in [0.717, 1.165) is 33.6 Å². The SMILES string of the molecule is CCOc1ccc(-c2ccc(C3=CCN(S(=O)(=O)C4(C(=O)O)CCOCC4)CC3)cc2C)cc1. The molecule has 8 heteroatoms. The van der Waals surface area contributed by atoms with Gasteiger partial charge in [-0.15, -0.1) is 0 Å². The lowest BCUT2D eigenvalue weighted by molar-refractivity contribution is -0.142. The molecule has 2 aliphatic heterocycles. The summed E-state index contributed by atoms with van der Waals surface area (Å²) in [5.41, 5.74) is 5.50. The second-order valence-corrected chi connectivity index (χ2v) is 11.0. The number of aliphatic carboxylic acids is 1. The summed E-state index contributed by atoms with van der Waals surface area (Å²) in [4.78, 5) is 12.0. The van der Waals surface area contributed by atoms with Gasteiger partial charge in [-0.05, 0) is 60.2 Å². The van der Waals surface area contributed by atoms with E-state index in [0.29, 0.717) is 13.0 Å². The number of aryl methyl sites for hydroxylation is 1. The standard InChI is InChI=1S/C26H31NO6S/c1-3-33-23-7-4-21(5-8-23)24-9-6-22(18-19(24)2)20-10-14-27(15-11-20)34(30,31)26(25(28)29)12-16-32-17-13-26/h4-10,18H,3,11-17H2,1-2H3,(H,28,29). The Hall–Kier alpha value is -2.68. The summed E-state index contributed by atoms with van der Waals surface area (Å²) in [5, 5.41) is 9.79. The maximum absolute atomic E-state index is 13.3. The first-order valence-corrected chi connectivity index (χ1v) is 13.1. The minimum absolute atomic E-state index is 0.0239. The molecule has 0 atom stereocenters. The smallest absolute Gasteiger partial charge is 0.326 e. The molecule has 1 fully saturated rings. The fourth-order valence-corrected chi connectivity index (χ4v) is 6.75. The zero-order valence-electron chi connectivity index (χ0n) is 19.6. The van der Waals surface area contributed by atoms with Gasteiger partial charge in [0.1, 0.15) is 5.75 Å². The molecule has 0 amide bonds. The molecule has 0 aromatic heterocycles. The van der Waals surface area contributed by atoms with E-state index in [1.165, 1.54) is 4.31 Å². The van der Waals surface area contributed by atoms with E-state index in [1.807, 2.05) is 37.3 Å². The average molecular weight is 486 g/mol. The van der Waals surface area contributed by atoms with E-state index in [2.05, 4.69) is 25.1 Å². The van der Waals surface area contributed by atoms with Crippen LogP contribution in [0, 0.1) is 6.92 Å². The zero-order chi connectivity index (χ0) is 24.3. The lowest BCUT2D eigenvalue weighted by atomic mass is 9.93. The summed E-state index contributed by atoms with van der Waals surface area (Å²) in [7, 11) is -4.01. The fourth-order valence-electron chi connectivity index (χ4n) is 4.75. The van der Waals surface area contributed by atoms with Crippen LogP contribution in [0.25, 0.3) is 16.7 Å². The first-order valence-electron chi connectivity index (χ1n) is 11.6. The van der Waals surface area contributed by atoms with Crippen molar-refractivity contribution in [2.75, 3.05) is 32.9 Å². The van der Waals surface area contributed by atoms with Crippen molar-refractivity contribution in [1.82, 2.24) is 4.31 Å². The van der Waals surface area contributed by atoms with E-state index < -0.39 is 20.7 Å². The minimum atomic E-state index is -4.01. The Labute approximate surface area is 201 Å². The molecule has 0 spiro atoms. The van der Waals surface area contributed by atoms with Crippen molar-refractivity contribution in [3.05, 3.63) is 59.7 Å². The molecule has 2 aliphatic rings. The summed E-state index contributed by atoms with van der Waals surface area (Å²) in [6, 6.07) is 14.3. The van der Waals surface area contributed by atoms with Gasteiger partial charge in [0.25, 0.3) is 0 Å². The van der Waals surface area contributed by atoms with Crippen LogP contribution in [0.15, 0.2) is 48.5 Å². The van der Waals surface area contributed by atoms with Crippen LogP contribution in [0.5, 0.6) is 5.75 Å². The van der Waals surface area contributed by atoms with Crippen molar-refractivity contribution in [2.45, 2.75) is 37.9 Å². The first-order chi connectivity index (χ1) is 16.3. The third-order valence-corrected chi connectivity index (χ3v) is 9.35. The predicted octanol–water partition coefficient (Wildman–Crippen LogP) is 4.11. The number of rotatable bonds is 7. The van der Waals surface area contributed by atoms with Gasteiger partial charge in [-0.25, -0.2) is 8.42 Å². The highest BCUT2D eigenvalue weighted by molar-refractivity contribution is 7.91. The molecule has 2 heterocycles. The van der Waals surface area contributed by atoms with Gasteiger partial charge in [-0.1, -0.05) is 36.4 Å². The Morgan fingerprint density at radius 1 is 1.12 bits per heavy atom. The van der Waals surface area contributed by atoms with E-state index in [1.54, 1.807) is 0 Å². The predicted molar refractivity (Wildman–Crippen MR) is 131 cm³/mol. The fraction of sp³-hybridized carbons (Fsp3) is 0.423. The second kappa shape index (κ2) is 9.90. The van der Waals surface area contributed by atoms with Crippen molar-refractivity contribution >= 4 is 21.6 Å². The molecule has 1 saturated heterocycles. The van der Waals surface area contributed by atoms with Crippen molar-refractivity contribution in [1.29, 1.82) is 0 Å². The summed E-state index contributed by atoms with van der Waals surface area (Å²) < 4.78 is 36.9. The first kappa shape index (κ1) is 24.4. The van der Waals surface area contributed by atoms with Crippen molar-refractivity contribution in [3.63, 3.8) is 0 Å². The molecule has 0 aliphatic carbocycles. The van der Waals surface area contributed by atoms with Crippen LogP contribution in [0.3, 0.4) is 0 Å². The molecule has 2 aromatic carbocycles. The number of carbonyl (C=O) groups is 1. The number of benzene rings is 2. The van der Waals surface area contributed by atoms with Gasteiger partial charge in [0.15, 0.2) is 4.75 Å². The van der Waals surface area contributed by atoms with Gasteiger partial charge < -0.3 is 14.6 Å². The minimum Gasteiger partial charge on any atom is -0.494 e. The van der Waals surface area contributed by atoms with Gasteiger partial charge >= 0.3 is 5.97 Å². The molecule has 1 N–H and O–H groups in total. The normalized spacial score (nSPS) is 18.8. The quantitative estimate of drug-likeness (QED) is 0.634. The summed E-state index contributed by atoms with van der Waals surface area (Å²) in [5.74, 6) is -0.441. The number of carboxylic acids is 1. The van der Waals surface area contributed by atoms with Crippen molar-refractivity contribution in [3.8, 4) is 16.9 Å². The maximum Gasteiger partial charge on any atom is 0.326 e. The topological polar surface area (TPSA) is 93.1 Å². The highest BCUT2D eigenvalue weighted by Gasteiger charge is 2.54. The van der Waals surface area contributed by atoms with Crippen molar-refractivity contribution in [2.24, 2.45) is 0 Å². The third-order valence-electron chi connectivity index (χ3n) is 6.77. The number of ether oxygens (including phenoxy) is 2. The highest BCUT2D eigenvalue weighted by Crippen LogP contribution is 2.36. The number of sulfonamides is 1. The van der Waals surface area contributed by atoms with Gasteiger partial charge in [0.2, 0.25) is 10.0 Å². The lowest BCUT2D eigenvalue weighted by Gasteiger charge is -2.38. The molecule has 0 unspecified atom stereocenters. The van der Waals surface area contributed by atoms with Gasteiger partial charge in [0.05, 0.1) is 6.61 Å². The average Bonchev–Trinajstić information content (AvgIpc) is 2.85. The molecule has 182 valence electrons. The summed E-state index contributed by atoms with van der Waals surface area (Å²) >= 11 is 0. The molecular weight excluding hydrogens is 454 g/mol. The summed E-state index contributed by atoms with van der Waals surface area (Å²) in [6.07, 6.45) is 2.39. The van der Waals surface area contributed by atoms with E-state index in [4.69, 9.17) is 9.47 Å². The Morgan fingerprint density at radius 3 is 2.35 bits per heavy atom. The van der Waals surface area contributed by atoms with Crippen LogP contribution in [0.4, 0.5) is 0 Å². The monoisotopic (exact) mass is 485 g/mol. The molecule has 34 heavy (non-hydrogen) atoms. The molecule has 7 nitrogen and oxygen atoms in total. The largest absolute Gasteiger partial charge is 0.494 e. The maximum atomic E-state index is 13.3. The molecule has 2 aromatic rings. The van der Waals surface area contributed by atoms with Crippen LogP contribution in [-0.4, -0.2) is 61.5 Å². The van der Waals surface area contributed by atoms with E-state index >= 15 is 0 Å². The zero-order valence-corrected chi connectivity index (χ0v) is 20.4. The van der Waals surface area contributed by atoms with Gasteiger partial charge in [0, 0.05) is 39.1 Å². The molecular formula is C26H31NO6S. The van der Waals surface area contributed by atoms with E-state index in [-0.39, 0.29) is 39.1 Å². The Balaban J connectivity index is 1.52. The molecule has 0 bridgehead atoms. The van der Waals surface area contributed by atoms with E-state index in [9.17, 15) is 18.3 Å². The number of hydrogen-bond donors (Lipinski definition) is 1. The van der Waals surface area contributed by atoms with Crippen LogP contribution >= 0.6 is 0 Å². The van der Waals surface area contributed by atoms with Gasteiger partial charge in [-0.3, -0.25) is 4.79 Å². The Bertz CT molecular complexity index is 1180. The van der Waals surface area contributed by atoms with Crippen molar-refractivity contribution < 1.29 is 27.8 Å². The number of nitrogens with zero attached hydrogens (tertiary/aromatic N) is 1. The van der Waals surface area contributed by atoms with Crippen LogP contribution < -0.4 is 4.74 Å². The second-order valence-electron chi connectivity index (χ2n) is 8.74. The Morgan fingerprint density at radius 2 is 1.79 bits per heavy atom. The molecule has 4 rings (SSSR count). The van der Waals surface area contributed by atoms with Crippen LogP contribution in [-0.2, 0) is 19.6 Å². The number of carboxylic acid groups (broad SMARTS) is 1. The molecule has 0 radical (unpaired) electrons. The van der Waals surface area contributed by atoms with Crippen LogP contribution in [0.1, 0.15) is 37.3 Å². The number of hydrogen-bond acceptors (Lipinski definition) is 5. The van der Waals surface area contributed by atoms with Gasteiger partial charge in [-0.2, -0.15) is 4.31 Å². The lowest BCUT2D eigenvalue weighted by Crippen LogP contribution is -2.56. The summed E-state index contributed by atoms with van der Waals surface area (Å²) in [6.45, 7) is 5.38. The Kier molecular flexibility index (Phi) is 7.12.